The highest BCUT2D eigenvalue weighted by Gasteiger charge is 2.48. The van der Waals surface area contributed by atoms with E-state index in [1.54, 1.807) is 13.8 Å². The third-order valence-electron chi connectivity index (χ3n) is 5.66. The maximum Gasteiger partial charge on any atom is 0.344 e. The van der Waals surface area contributed by atoms with Crippen LogP contribution in [0.15, 0.2) is 30.3 Å². The van der Waals surface area contributed by atoms with Crippen LogP contribution in [0.1, 0.15) is 65.4 Å². The van der Waals surface area contributed by atoms with E-state index in [0.717, 1.165) is 45.2 Å². The molecule has 0 spiro atoms. The monoisotopic (exact) mass is 439 g/mol. The van der Waals surface area contributed by atoms with Crippen molar-refractivity contribution in [2.45, 2.75) is 71.0 Å². The SMILES string of the molecule is CCN(CC)CC#CC(C)(C)OC(=O)C(O)(c1ccccc1)C1CCCCC1.Cl.O. The van der Waals surface area contributed by atoms with Crippen molar-refractivity contribution in [3.05, 3.63) is 35.9 Å². The zero-order valence-electron chi connectivity index (χ0n) is 18.7. The Hall–Kier alpha value is -1.58. The van der Waals surface area contributed by atoms with Crippen molar-refractivity contribution in [1.29, 1.82) is 0 Å². The minimum Gasteiger partial charge on any atom is -0.444 e. The smallest absolute Gasteiger partial charge is 0.344 e. The molecule has 0 amide bonds. The van der Waals surface area contributed by atoms with Gasteiger partial charge in [0.1, 0.15) is 0 Å². The number of halogens is 1. The number of aliphatic hydroxyl groups is 1. The summed E-state index contributed by atoms with van der Waals surface area (Å²) in [6.07, 6.45) is 4.86. The molecule has 5 nitrogen and oxygen atoms in total. The fourth-order valence-electron chi connectivity index (χ4n) is 3.88. The normalized spacial score (nSPS) is 16.3. The van der Waals surface area contributed by atoms with Crippen LogP contribution in [0.4, 0.5) is 0 Å². The third-order valence-corrected chi connectivity index (χ3v) is 5.66. The number of nitrogens with zero attached hydrogens (tertiary/aromatic N) is 1. The molecule has 1 atom stereocenters. The van der Waals surface area contributed by atoms with Gasteiger partial charge in [-0.1, -0.05) is 75.3 Å². The quantitative estimate of drug-likeness (QED) is 0.518. The molecule has 0 heterocycles. The molecule has 2 rings (SSSR count). The summed E-state index contributed by atoms with van der Waals surface area (Å²) in [4.78, 5) is 15.4. The Bertz CT molecular complexity index is 688. The Kier molecular flexibility index (Phi) is 12.3. The molecule has 1 aromatic rings. The van der Waals surface area contributed by atoms with Crippen LogP contribution in [0.3, 0.4) is 0 Å². The number of rotatable bonds is 7. The van der Waals surface area contributed by atoms with Crippen LogP contribution in [0.25, 0.3) is 0 Å². The zero-order valence-corrected chi connectivity index (χ0v) is 19.6. The van der Waals surface area contributed by atoms with Crippen LogP contribution in [-0.4, -0.2) is 46.7 Å². The van der Waals surface area contributed by atoms with E-state index in [1.165, 1.54) is 0 Å². The van der Waals surface area contributed by atoms with Gasteiger partial charge in [0, 0.05) is 5.92 Å². The number of hydrogen-bond acceptors (Lipinski definition) is 4. The Labute approximate surface area is 187 Å². The predicted molar refractivity (Wildman–Crippen MR) is 124 cm³/mol. The number of esters is 1. The first kappa shape index (κ1) is 28.4. The van der Waals surface area contributed by atoms with Gasteiger partial charge in [-0.05, 0) is 45.3 Å². The van der Waals surface area contributed by atoms with E-state index >= 15 is 0 Å². The molecular weight excluding hydrogens is 402 g/mol. The third kappa shape index (κ3) is 7.28. The van der Waals surface area contributed by atoms with Gasteiger partial charge in [-0.15, -0.1) is 12.4 Å². The molecule has 1 unspecified atom stereocenters. The minimum absolute atomic E-state index is 0. The summed E-state index contributed by atoms with van der Waals surface area (Å²) in [6, 6.07) is 9.22. The van der Waals surface area contributed by atoms with Crippen molar-refractivity contribution < 1.29 is 20.1 Å². The van der Waals surface area contributed by atoms with E-state index in [4.69, 9.17) is 4.74 Å². The van der Waals surface area contributed by atoms with Crippen molar-refractivity contribution in [1.82, 2.24) is 4.90 Å². The van der Waals surface area contributed by atoms with Gasteiger partial charge < -0.3 is 15.3 Å². The lowest BCUT2D eigenvalue weighted by Gasteiger charge is -2.38. The molecule has 0 aliphatic heterocycles. The fraction of sp³-hybridized carbons (Fsp3) is 0.625. The first-order valence-corrected chi connectivity index (χ1v) is 10.6. The maximum absolute atomic E-state index is 13.2. The topological polar surface area (TPSA) is 81.3 Å². The summed E-state index contributed by atoms with van der Waals surface area (Å²) >= 11 is 0. The van der Waals surface area contributed by atoms with Crippen molar-refractivity contribution in [2.75, 3.05) is 19.6 Å². The van der Waals surface area contributed by atoms with Gasteiger partial charge >= 0.3 is 5.97 Å². The van der Waals surface area contributed by atoms with Gasteiger partial charge in [0.05, 0.1) is 6.54 Å². The highest BCUT2D eigenvalue weighted by Crippen LogP contribution is 2.41. The van der Waals surface area contributed by atoms with E-state index in [0.29, 0.717) is 12.1 Å². The van der Waals surface area contributed by atoms with Crippen LogP contribution in [0.5, 0.6) is 0 Å². The van der Waals surface area contributed by atoms with Crippen molar-refractivity contribution in [2.24, 2.45) is 5.92 Å². The van der Waals surface area contributed by atoms with Gasteiger partial charge in [0.15, 0.2) is 11.2 Å². The van der Waals surface area contributed by atoms with Gasteiger partial charge in [-0.2, -0.15) is 0 Å². The number of carbonyl (C=O) groups excluding carboxylic acids is 1. The van der Waals surface area contributed by atoms with E-state index < -0.39 is 17.2 Å². The van der Waals surface area contributed by atoms with Crippen LogP contribution >= 0.6 is 12.4 Å². The Morgan fingerprint density at radius 1 is 1.13 bits per heavy atom. The number of ether oxygens (including phenoxy) is 1. The predicted octanol–water partition coefficient (Wildman–Crippen LogP) is 3.72. The van der Waals surface area contributed by atoms with E-state index in [2.05, 4.69) is 30.6 Å². The molecule has 3 N–H and O–H groups in total. The number of hydrogen-bond donors (Lipinski definition) is 1. The molecule has 1 aliphatic rings. The number of carbonyl (C=O) groups is 1. The van der Waals surface area contributed by atoms with Crippen molar-refractivity contribution >= 4 is 18.4 Å². The Morgan fingerprint density at radius 3 is 2.23 bits per heavy atom. The van der Waals surface area contributed by atoms with Gasteiger partial charge in [0.25, 0.3) is 0 Å². The molecule has 170 valence electrons. The molecule has 1 fully saturated rings. The molecule has 1 saturated carbocycles. The lowest BCUT2D eigenvalue weighted by molar-refractivity contribution is -0.184. The molecule has 0 radical (unpaired) electrons. The molecular formula is C24H38ClNO4. The summed E-state index contributed by atoms with van der Waals surface area (Å²) in [5.41, 5.74) is -1.97. The van der Waals surface area contributed by atoms with Crippen molar-refractivity contribution in [3.63, 3.8) is 0 Å². The molecule has 1 aliphatic carbocycles. The highest BCUT2D eigenvalue weighted by molar-refractivity contribution is 5.85. The highest BCUT2D eigenvalue weighted by atomic mass is 35.5. The summed E-state index contributed by atoms with van der Waals surface area (Å²) < 4.78 is 5.78. The molecule has 1 aromatic carbocycles. The summed E-state index contributed by atoms with van der Waals surface area (Å²) in [7, 11) is 0. The molecule has 6 heteroatoms. The maximum atomic E-state index is 13.2. The fourth-order valence-corrected chi connectivity index (χ4v) is 3.88. The van der Waals surface area contributed by atoms with E-state index in [-0.39, 0.29) is 23.8 Å². The standard InChI is InChI=1S/C24H35NO3.ClH.H2O/c1-5-25(6-2)19-13-18-23(3,4)28-22(26)24(27,20-14-9-7-10-15-20)21-16-11-8-12-17-21;;/h7,9-10,14-15,21,27H,5-6,8,11-12,16-17,19H2,1-4H3;1H;1H2. The second kappa shape index (κ2) is 13.0. The van der Waals surface area contributed by atoms with Gasteiger partial charge in [0.2, 0.25) is 0 Å². The second-order valence-electron chi connectivity index (χ2n) is 8.13. The Morgan fingerprint density at radius 2 is 1.70 bits per heavy atom. The minimum atomic E-state index is -1.63. The summed E-state index contributed by atoms with van der Waals surface area (Å²) in [5.74, 6) is 5.47. The summed E-state index contributed by atoms with van der Waals surface area (Å²) in [5, 5.41) is 11.6. The molecule has 0 aromatic heterocycles. The van der Waals surface area contributed by atoms with Crippen LogP contribution < -0.4 is 0 Å². The lowest BCUT2D eigenvalue weighted by atomic mass is 9.73. The Balaban J connectivity index is 0.00000420. The van der Waals surface area contributed by atoms with E-state index in [1.807, 2.05) is 30.3 Å². The molecule has 0 saturated heterocycles. The van der Waals surface area contributed by atoms with Gasteiger partial charge in [-0.3, -0.25) is 4.90 Å². The molecule has 0 bridgehead atoms. The van der Waals surface area contributed by atoms with E-state index in [9.17, 15) is 9.90 Å². The zero-order chi connectivity index (χ0) is 20.6. The first-order valence-electron chi connectivity index (χ1n) is 10.6. The lowest BCUT2D eigenvalue weighted by Crippen LogP contribution is -2.47. The van der Waals surface area contributed by atoms with Gasteiger partial charge in [-0.25, -0.2) is 4.79 Å². The second-order valence-corrected chi connectivity index (χ2v) is 8.13. The largest absolute Gasteiger partial charge is 0.444 e. The molecule has 30 heavy (non-hydrogen) atoms. The average molecular weight is 440 g/mol. The van der Waals surface area contributed by atoms with Crippen molar-refractivity contribution in [3.8, 4) is 11.8 Å². The average Bonchev–Trinajstić information content (AvgIpc) is 2.71. The first-order chi connectivity index (χ1) is 13.3. The van der Waals surface area contributed by atoms with Crippen LogP contribution in [0.2, 0.25) is 0 Å². The van der Waals surface area contributed by atoms with Crippen LogP contribution in [0, 0.1) is 17.8 Å². The summed E-state index contributed by atoms with van der Waals surface area (Å²) in [6.45, 7) is 10.3. The van der Waals surface area contributed by atoms with Crippen LogP contribution in [-0.2, 0) is 15.1 Å². The number of benzene rings is 1.